The molecule has 0 radical (unpaired) electrons. The Bertz CT molecular complexity index is 714. The van der Waals surface area contributed by atoms with Crippen molar-refractivity contribution in [3.63, 3.8) is 0 Å². The molecule has 1 aromatic heterocycles. The van der Waals surface area contributed by atoms with Gasteiger partial charge in [-0.2, -0.15) is 0 Å². The molecule has 0 spiro atoms. The van der Waals surface area contributed by atoms with E-state index in [0.29, 0.717) is 0 Å². The van der Waals surface area contributed by atoms with E-state index in [9.17, 15) is 19.7 Å². The zero-order valence-electron chi connectivity index (χ0n) is 10.2. The molecule has 0 bridgehead atoms. The zero-order chi connectivity index (χ0) is 14.2. The predicted octanol–water partition coefficient (Wildman–Crippen LogP) is 1.24. The number of aromatic nitrogens is 1. The highest BCUT2D eigenvalue weighted by atomic mass is 16.6. The van der Waals surface area contributed by atoms with Gasteiger partial charge in [0.25, 0.3) is 5.69 Å². The second-order valence-corrected chi connectivity index (χ2v) is 3.85. The molecule has 0 amide bonds. The molecule has 1 atom stereocenters. The van der Waals surface area contributed by atoms with Gasteiger partial charge in [0, 0.05) is 12.1 Å². The highest BCUT2D eigenvalue weighted by Gasteiger charge is 2.23. The summed E-state index contributed by atoms with van der Waals surface area (Å²) in [6, 6.07) is 2.79. The third-order valence-corrected chi connectivity index (χ3v) is 2.74. The second kappa shape index (κ2) is 4.56. The minimum atomic E-state index is -0.930. The molecule has 2 aromatic rings. The topological polar surface area (TPSA) is 105 Å². The average molecular weight is 266 g/mol. The minimum absolute atomic E-state index is 0.173. The molecule has 2 rings (SSSR count). The van der Waals surface area contributed by atoms with Crippen molar-refractivity contribution < 1.29 is 18.9 Å². The van der Waals surface area contributed by atoms with Gasteiger partial charge in [0.1, 0.15) is 6.04 Å². The number of rotatable bonds is 3. The molecule has 100 valence electrons. The fourth-order valence-electron chi connectivity index (χ4n) is 1.78. The standard InChI is InChI=1S/C11H10N2O6/c1-6(10(14)18-2)12-8-5-7(13(16)17)3-4-9(8)19-11(12)15/h3-6H,1-2H3/t6-/m1/s1. The number of nitro groups is 1. The Labute approximate surface area is 106 Å². The van der Waals surface area contributed by atoms with E-state index in [1.165, 1.54) is 32.2 Å². The molecular formula is C11H10N2O6. The predicted molar refractivity (Wildman–Crippen MR) is 63.9 cm³/mol. The number of ether oxygens (including phenoxy) is 1. The maximum atomic E-state index is 11.7. The van der Waals surface area contributed by atoms with Gasteiger partial charge in [0.15, 0.2) is 5.58 Å². The highest BCUT2D eigenvalue weighted by Crippen LogP contribution is 2.22. The fraction of sp³-hybridized carbons (Fsp3) is 0.273. The van der Waals surface area contributed by atoms with Crippen LogP contribution in [-0.2, 0) is 9.53 Å². The van der Waals surface area contributed by atoms with Crippen LogP contribution in [0.3, 0.4) is 0 Å². The van der Waals surface area contributed by atoms with Crippen molar-refractivity contribution in [2.45, 2.75) is 13.0 Å². The van der Waals surface area contributed by atoms with Crippen molar-refractivity contribution in [3.05, 3.63) is 38.9 Å². The van der Waals surface area contributed by atoms with Crippen molar-refractivity contribution in [1.29, 1.82) is 0 Å². The molecule has 0 unspecified atom stereocenters. The van der Waals surface area contributed by atoms with Crippen LogP contribution in [0.5, 0.6) is 0 Å². The average Bonchev–Trinajstić information content (AvgIpc) is 2.71. The monoisotopic (exact) mass is 266 g/mol. The molecular weight excluding hydrogens is 256 g/mol. The minimum Gasteiger partial charge on any atom is -0.467 e. The van der Waals surface area contributed by atoms with Crippen LogP contribution < -0.4 is 5.76 Å². The van der Waals surface area contributed by atoms with E-state index in [1.807, 2.05) is 0 Å². The number of non-ortho nitro benzene ring substituents is 1. The van der Waals surface area contributed by atoms with Crippen LogP contribution in [0.25, 0.3) is 11.1 Å². The first-order valence-corrected chi connectivity index (χ1v) is 5.33. The lowest BCUT2D eigenvalue weighted by Gasteiger charge is -2.09. The van der Waals surface area contributed by atoms with Crippen molar-refractivity contribution in [2.24, 2.45) is 0 Å². The molecule has 0 aliphatic carbocycles. The number of methoxy groups -OCH3 is 1. The summed E-state index contributed by atoms with van der Waals surface area (Å²) in [7, 11) is 1.19. The first kappa shape index (κ1) is 12.8. The number of benzene rings is 1. The van der Waals surface area contributed by atoms with Crippen LogP contribution in [0.1, 0.15) is 13.0 Å². The number of nitro benzene ring substituents is 1. The van der Waals surface area contributed by atoms with Gasteiger partial charge in [-0.1, -0.05) is 0 Å². The van der Waals surface area contributed by atoms with Crippen LogP contribution in [0.4, 0.5) is 5.69 Å². The van der Waals surface area contributed by atoms with E-state index in [4.69, 9.17) is 4.42 Å². The summed E-state index contributed by atoms with van der Waals surface area (Å²) in [5.74, 6) is -1.41. The van der Waals surface area contributed by atoms with Gasteiger partial charge in [-0.25, -0.2) is 9.59 Å². The van der Waals surface area contributed by atoms with Gasteiger partial charge in [-0.3, -0.25) is 14.7 Å². The van der Waals surface area contributed by atoms with Crippen molar-refractivity contribution in [1.82, 2.24) is 4.57 Å². The van der Waals surface area contributed by atoms with E-state index in [0.717, 1.165) is 4.57 Å². The lowest BCUT2D eigenvalue weighted by molar-refractivity contribution is -0.384. The number of nitrogens with zero attached hydrogens (tertiary/aromatic N) is 2. The van der Waals surface area contributed by atoms with Gasteiger partial charge in [-0.05, 0) is 13.0 Å². The lowest BCUT2D eigenvalue weighted by Crippen LogP contribution is -2.25. The van der Waals surface area contributed by atoms with Crippen molar-refractivity contribution >= 4 is 22.8 Å². The van der Waals surface area contributed by atoms with Crippen LogP contribution >= 0.6 is 0 Å². The Balaban J connectivity index is 2.69. The number of fused-ring (bicyclic) bond motifs is 1. The number of oxazole rings is 1. The third kappa shape index (κ3) is 2.07. The van der Waals surface area contributed by atoms with Gasteiger partial charge < -0.3 is 9.15 Å². The maximum absolute atomic E-state index is 11.7. The summed E-state index contributed by atoms with van der Waals surface area (Å²) >= 11 is 0. The normalized spacial score (nSPS) is 12.3. The van der Waals surface area contributed by atoms with Gasteiger partial charge in [0.05, 0.1) is 17.5 Å². The number of carbonyl (C=O) groups excluding carboxylic acids is 1. The number of hydrogen-bond acceptors (Lipinski definition) is 6. The van der Waals surface area contributed by atoms with Crippen molar-refractivity contribution in [3.8, 4) is 0 Å². The number of carbonyl (C=O) groups is 1. The molecule has 1 heterocycles. The maximum Gasteiger partial charge on any atom is 0.420 e. The van der Waals surface area contributed by atoms with Crippen LogP contribution in [-0.4, -0.2) is 22.6 Å². The van der Waals surface area contributed by atoms with Crippen LogP contribution in [0.15, 0.2) is 27.4 Å². The summed E-state index contributed by atoms with van der Waals surface area (Å²) in [6.07, 6.45) is 0. The molecule has 0 N–H and O–H groups in total. The smallest absolute Gasteiger partial charge is 0.420 e. The summed E-state index contributed by atoms with van der Waals surface area (Å²) in [6.45, 7) is 1.45. The summed E-state index contributed by atoms with van der Waals surface area (Å²) in [5.41, 5.74) is 0.155. The Morgan fingerprint density at radius 2 is 2.21 bits per heavy atom. The van der Waals surface area contributed by atoms with Gasteiger partial charge in [0.2, 0.25) is 0 Å². The van der Waals surface area contributed by atoms with Gasteiger partial charge in [-0.15, -0.1) is 0 Å². The number of hydrogen-bond donors (Lipinski definition) is 0. The Morgan fingerprint density at radius 1 is 1.53 bits per heavy atom. The lowest BCUT2D eigenvalue weighted by atomic mass is 10.2. The van der Waals surface area contributed by atoms with E-state index < -0.39 is 22.7 Å². The van der Waals surface area contributed by atoms with Crippen LogP contribution in [0.2, 0.25) is 0 Å². The molecule has 8 heteroatoms. The molecule has 0 fully saturated rings. The Morgan fingerprint density at radius 3 is 2.79 bits per heavy atom. The zero-order valence-corrected chi connectivity index (χ0v) is 10.2. The van der Waals surface area contributed by atoms with E-state index in [1.54, 1.807) is 0 Å². The van der Waals surface area contributed by atoms with Gasteiger partial charge >= 0.3 is 11.7 Å². The first-order chi connectivity index (χ1) is 8.95. The molecule has 1 aromatic carbocycles. The molecule has 0 aliphatic rings. The summed E-state index contributed by atoms with van der Waals surface area (Å²) in [4.78, 5) is 33.3. The molecule has 0 saturated carbocycles. The number of esters is 1. The van der Waals surface area contributed by atoms with Crippen molar-refractivity contribution in [2.75, 3.05) is 7.11 Å². The molecule has 8 nitrogen and oxygen atoms in total. The van der Waals surface area contributed by atoms with E-state index in [2.05, 4.69) is 4.74 Å². The largest absolute Gasteiger partial charge is 0.467 e. The summed E-state index contributed by atoms with van der Waals surface area (Å²) in [5, 5.41) is 10.7. The highest BCUT2D eigenvalue weighted by molar-refractivity contribution is 5.80. The SMILES string of the molecule is COC(=O)[C@@H](C)n1c(=O)oc2ccc([N+](=O)[O-])cc21. The molecule has 0 aliphatic heterocycles. The Kier molecular flexibility index (Phi) is 3.07. The first-order valence-electron chi connectivity index (χ1n) is 5.33. The second-order valence-electron chi connectivity index (χ2n) is 3.85. The fourth-order valence-corrected chi connectivity index (χ4v) is 1.78. The molecule has 0 saturated heterocycles. The quantitative estimate of drug-likeness (QED) is 0.470. The van der Waals surface area contributed by atoms with E-state index >= 15 is 0 Å². The van der Waals surface area contributed by atoms with Crippen LogP contribution in [0, 0.1) is 10.1 Å². The Hall–Kier alpha value is -2.64. The molecule has 19 heavy (non-hydrogen) atoms. The third-order valence-electron chi connectivity index (χ3n) is 2.74. The summed E-state index contributed by atoms with van der Waals surface area (Å²) < 4.78 is 10.5. The van der Waals surface area contributed by atoms with E-state index in [-0.39, 0.29) is 16.8 Å².